The molecule has 0 atom stereocenters. The highest BCUT2D eigenvalue weighted by Crippen LogP contribution is 2.42. The Balaban J connectivity index is 1.60. The van der Waals surface area contributed by atoms with Crippen LogP contribution in [0.5, 0.6) is 0 Å². The van der Waals surface area contributed by atoms with Crippen LogP contribution < -0.4 is 0 Å². The number of nitrogens with zero attached hydrogens (tertiary/aromatic N) is 4. The fourth-order valence-electron chi connectivity index (χ4n) is 3.31. The van der Waals surface area contributed by atoms with Gasteiger partial charge >= 0.3 is 0 Å². The van der Waals surface area contributed by atoms with E-state index in [4.69, 9.17) is 4.74 Å². The highest BCUT2D eigenvalue weighted by atomic mass is 19.1. The monoisotopic (exact) mass is 378 g/mol. The van der Waals surface area contributed by atoms with E-state index in [9.17, 15) is 8.78 Å². The fourth-order valence-corrected chi connectivity index (χ4v) is 3.31. The van der Waals surface area contributed by atoms with Crippen molar-refractivity contribution in [2.75, 3.05) is 6.61 Å². The van der Waals surface area contributed by atoms with Crippen molar-refractivity contribution in [3.8, 4) is 5.69 Å². The second kappa shape index (κ2) is 6.67. The maximum atomic E-state index is 14.3. The van der Waals surface area contributed by atoms with E-state index in [1.165, 1.54) is 16.8 Å². The topological polar surface area (TPSA) is 52.3 Å². The number of aliphatic imine (C=N–C) groups is 1. The maximum absolute atomic E-state index is 14.3. The Bertz CT molecular complexity index is 1120. The van der Waals surface area contributed by atoms with Gasteiger partial charge in [0.15, 0.2) is 5.69 Å². The average Bonchev–Trinajstić information content (AvgIpc) is 3.47. The van der Waals surface area contributed by atoms with Gasteiger partial charge in [0, 0.05) is 11.5 Å². The van der Waals surface area contributed by atoms with Gasteiger partial charge < -0.3 is 4.74 Å². The van der Waals surface area contributed by atoms with Crippen molar-refractivity contribution in [1.29, 1.82) is 0 Å². The molecule has 28 heavy (non-hydrogen) atoms. The molecule has 2 heterocycles. The third-order valence-corrected chi connectivity index (χ3v) is 4.82. The normalized spacial score (nSPS) is 16.4. The van der Waals surface area contributed by atoms with Gasteiger partial charge in [0.1, 0.15) is 23.9 Å². The van der Waals surface area contributed by atoms with Crippen LogP contribution in [0.15, 0.2) is 59.6 Å². The van der Waals surface area contributed by atoms with Crippen molar-refractivity contribution in [2.45, 2.75) is 18.8 Å². The number of hydrogen-bond acceptors (Lipinski definition) is 4. The standard InChI is InChI=1S/C21H16F2N4O/c22-15-6-2-1-5-14(15)17-11-12-28-21(24-17)19-20(13-9-10-13)27(26-25-19)18-8-4-3-7-16(18)23/h1-8,11,13H,9-10,12H2. The maximum Gasteiger partial charge on any atom is 0.244 e. The molecule has 0 N–H and O–H groups in total. The predicted octanol–water partition coefficient (Wildman–Crippen LogP) is 4.24. The molecule has 1 aromatic heterocycles. The summed E-state index contributed by atoms with van der Waals surface area (Å²) < 4.78 is 35.7. The van der Waals surface area contributed by atoms with Crippen LogP contribution in [0.1, 0.15) is 35.7 Å². The van der Waals surface area contributed by atoms with E-state index in [0.29, 0.717) is 22.6 Å². The molecule has 1 saturated carbocycles. The highest BCUT2D eigenvalue weighted by Gasteiger charge is 2.35. The number of hydrogen-bond donors (Lipinski definition) is 0. The van der Waals surface area contributed by atoms with Gasteiger partial charge in [-0.15, -0.1) is 5.10 Å². The van der Waals surface area contributed by atoms with Gasteiger partial charge in [0.2, 0.25) is 5.90 Å². The zero-order chi connectivity index (χ0) is 19.1. The molecule has 0 saturated heterocycles. The minimum atomic E-state index is -0.376. The Labute approximate surface area is 160 Å². The first kappa shape index (κ1) is 16.8. The van der Waals surface area contributed by atoms with E-state index >= 15 is 0 Å². The second-order valence-corrected chi connectivity index (χ2v) is 6.76. The van der Waals surface area contributed by atoms with Gasteiger partial charge in [-0.1, -0.05) is 29.5 Å². The number of para-hydroxylation sites is 1. The van der Waals surface area contributed by atoms with Crippen LogP contribution in [0.4, 0.5) is 8.78 Å². The summed E-state index contributed by atoms with van der Waals surface area (Å²) in [6, 6.07) is 12.9. The van der Waals surface area contributed by atoms with Crippen LogP contribution in [0.2, 0.25) is 0 Å². The lowest BCUT2D eigenvalue weighted by Gasteiger charge is -2.15. The Hall–Kier alpha value is -3.35. The minimum absolute atomic E-state index is 0.221. The summed E-state index contributed by atoms with van der Waals surface area (Å²) in [5.41, 5.74) is 2.48. The molecule has 2 aliphatic rings. The molecule has 5 rings (SSSR count). The van der Waals surface area contributed by atoms with Gasteiger partial charge in [-0.2, -0.15) is 0 Å². The van der Waals surface area contributed by atoms with E-state index in [-0.39, 0.29) is 30.1 Å². The summed E-state index contributed by atoms with van der Waals surface area (Å²) in [6.07, 6.45) is 3.66. The van der Waals surface area contributed by atoms with Crippen molar-refractivity contribution in [3.63, 3.8) is 0 Å². The van der Waals surface area contributed by atoms with Crippen LogP contribution in [0.25, 0.3) is 11.4 Å². The third kappa shape index (κ3) is 2.89. The Morgan fingerprint density at radius 1 is 0.964 bits per heavy atom. The van der Waals surface area contributed by atoms with E-state index in [2.05, 4.69) is 15.3 Å². The Kier molecular flexibility index (Phi) is 4.00. The molecule has 0 spiro atoms. The first-order valence-electron chi connectivity index (χ1n) is 9.10. The lowest BCUT2D eigenvalue weighted by molar-refractivity contribution is 0.346. The van der Waals surface area contributed by atoms with Crippen molar-refractivity contribution in [2.24, 2.45) is 4.99 Å². The van der Waals surface area contributed by atoms with Gasteiger partial charge in [-0.3, -0.25) is 0 Å². The van der Waals surface area contributed by atoms with Crippen LogP contribution in [0, 0.1) is 11.6 Å². The van der Waals surface area contributed by atoms with E-state index in [1.54, 1.807) is 42.5 Å². The number of aromatic nitrogens is 3. The van der Waals surface area contributed by atoms with E-state index in [0.717, 1.165) is 18.5 Å². The zero-order valence-corrected chi connectivity index (χ0v) is 14.8. The summed E-state index contributed by atoms with van der Waals surface area (Å²) in [7, 11) is 0. The van der Waals surface area contributed by atoms with Gasteiger partial charge in [0.05, 0.1) is 11.4 Å². The Morgan fingerprint density at radius 2 is 1.71 bits per heavy atom. The molecule has 0 bridgehead atoms. The fraction of sp³-hybridized carbons (Fsp3) is 0.190. The summed E-state index contributed by atoms with van der Waals surface area (Å²) in [5.74, 6) is -0.223. The number of halogens is 2. The number of rotatable bonds is 4. The molecule has 140 valence electrons. The van der Waals surface area contributed by atoms with Crippen LogP contribution in [-0.4, -0.2) is 27.5 Å². The summed E-state index contributed by atoms with van der Waals surface area (Å²) in [4.78, 5) is 4.49. The third-order valence-electron chi connectivity index (χ3n) is 4.82. The summed E-state index contributed by atoms with van der Waals surface area (Å²) in [5, 5.41) is 8.41. The molecule has 0 unspecified atom stereocenters. The zero-order valence-electron chi connectivity index (χ0n) is 14.8. The van der Waals surface area contributed by atoms with E-state index < -0.39 is 0 Å². The molecule has 1 aliphatic carbocycles. The molecule has 1 aliphatic heterocycles. The number of ether oxygens (including phenoxy) is 1. The molecule has 7 heteroatoms. The molecule has 1 fully saturated rings. The molecular formula is C21H16F2N4O. The van der Waals surface area contributed by atoms with Crippen molar-refractivity contribution in [3.05, 3.63) is 83.2 Å². The van der Waals surface area contributed by atoms with Crippen LogP contribution in [-0.2, 0) is 4.74 Å². The predicted molar refractivity (Wildman–Crippen MR) is 100 cm³/mol. The average molecular weight is 378 g/mol. The lowest BCUT2D eigenvalue weighted by atomic mass is 10.1. The summed E-state index contributed by atoms with van der Waals surface area (Å²) in [6.45, 7) is 0.249. The smallest absolute Gasteiger partial charge is 0.244 e. The molecule has 5 nitrogen and oxygen atoms in total. The number of benzene rings is 2. The van der Waals surface area contributed by atoms with Crippen molar-refractivity contribution in [1.82, 2.24) is 15.0 Å². The largest absolute Gasteiger partial charge is 0.472 e. The minimum Gasteiger partial charge on any atom is -0.472 e. The Morgan fingerprint density at radius 3 is 2.46 bits per heavy atom. The van der Waals surface area contributed by atoms with Gasteiger partial charge in [-0.25, -0.2) is 18.5 Å². The van der Waals surface area contributed by atoms with Crippen LogP contribution in [0.3, 0.4) is 0 Å². The summed E-state index contributed by atoms with van der Waals surface area (Å²) >= 11 is 0. The van der Waals surface area contributed by atoms with Crippen molar-refractivity contribution < 1.29 is 13.5 Å². The van der Waals surface area contributed by atoms with Gasteiger partial charge in [-0.05, 0) is 43.2 Å². The molecule has 0 radical (unpaired) electrons. The highest BCUT2D eigenvalue weighted by molar-refractivity contribution is 5.98. The molecule has 2 aromatic carbocycles. The second-order valence-electron chi connectivity index (χ2n) is 6.76. The van der Waals surface area contributed by atoms with Gasteiger partial charge in [0.25, 0.3) is 0 Å². The first-order valence-corrected chi connectivity index (χ1v) is 9.10. The quantitative estimate of drug-likeness (QED) is 0.682. The first-order chi connectivity index (χ1) is 13.7. The SMILES string of the molecule is Fc1ccccc1C1=CCOC(c2nnn(-c3ccccc3F)c2C2CC2)=N1. The molecule has 0 amide bonds. The molecule has 3 aromatic rings. The van der Waals surface area contributed by atoms with E-state index in [1.807, 2.05) is 0 Å². The van der Waals surface area contributed by atoms with Crippen LogP contribution >= 0.6 is 0 Å². The molecular weight excluding hydrogens is 362 g/mol. The van der Waals surface area contributed by atoms with Crippen molar-refractivity contribution >= 4 is 11.6 Å². The lowest BCUT2D eigenvalue weighted by Crippen LogP contribution is -2.15.